The van der Waals surface area contributed by atoms with Gasteiger partial charge in [0.2, 0.25) is 5.91 Å². The van der Waals surface area contributed by atoms with Crippen molar-refractivity contribution < 1.29 is 14.6 Å². The lowest BCUT2D eigenvalue weighted by atomic mass is 9.80. The summed E-state index contributed by atoms with van der Waals surface area (Å²) in [5.41, 5.74) is -0.612. The molecule has 1 amide bonds. The molecule has 0 radical (unpaired) electrons. The van der Waals surface area contributed by atoms with Gasteiger partial charge in [-0.2, -0.15) is 0 Å². The molecule has 1 aliphatic heterocycles. The number of hydrogen-bond acceptors (Lipinski definition) is 4. The molecule has 2 aliphatic rings. The van der Waals surface area contributed by atoms with Crippen molar-refractivity contribution in [1.29, 1.82) is 0 Å². The molecule has 1 saturated carbocycles. The van der Waals surface area contributed by atoms with Crippen LogP contribution in [0.25, 0.3) is 0 Å². The number of nitrogens with zero attached hydrogens (tertiary/aromatic N) is 1. The first-order valence-electron chi connectivity index (χ1n) is 8.76. The number of hydrogen-bond donors (Lipinski definition) is 2. The molecule has 22 heavy (non-hydrogen) atoms. The highest BCUT2D eigenvalue weighted by Crippen LogP contribution is 2.30. The molecule has 5 heteroatoms. The number of carbonyl (C=O) groups excluding carboxylic acids is 1. The molecular weight excluding hydrogens is 280 g/mol. The molecule has 2 N–H and O–H groups in total. The zero-order valence-electron chi connectivity index (χ0n) is 14.1. The van der Waals surface area contributed by atoms with Crippen molar-refractivity contribution >= 4 is 5.91 Å². The van der Waals surface area contributed by atoms with Gasteiger partial charge < -0.3 is 20.1 Å². The second kappa shape index (κ2) is 8.27. The Morgan fingerprint density at radius 1 is 1.41 bits per heavy atom. The second-order valence-corrected chi connectivity index (χ2v) is 7.10. The highest BCUT2D eigenvalue weighted by Gasteiger charge is 2.38. The quantitative estimate of drug-likeness (QED) is 0.749. The zero-order valence-corrected chi connectivity index (χ0v) is 14.1. The van der Waals surface area contributed by atoms with Gasteiger partial charge >= 0.3 is 0 Å². The Morgan fingerprint density at radius 3 is 2.77 bits per heavy atom. The fourth-order valence-corrected chi connectivity index (χ4v) is 3.73. The van der Waals surface area contributed by atoms with Crippen molar-refractivity contribution in [3.63, 3.8) is 0 Å². The average Bonchev–Trinajstić information content (AvgIpc) is 2.99. The first kappa shape index (κ1) is 17.7. The minimum Gasteiger partial charge on any atom is -0.389 e. The molecule has 1 aliphatic carbocycles. The fraction of sp³-hybridized carbons (Fsp3) is 0.941. The van der Waals surface area contributed by atoms with E-state index in [1.165, 1.54) is 12.8 Å². The van der Waals surface area contributed by atoms with E-state index in [-0.39, 0.29) is 11.8 Å². The van der Waals surface area contributed by atoms with E-state index in [1.807, 2.05) is 0 Å². The Labute approximate surface area is 134 Å². The van der Waals surface area contributed by atoms with Crippen molar-refractivity contribution in [2.24, 2.45) is 5.92 Å². The number of carbonyl (C=O) groups is 1. The summed E-state index contributed by atoms with van der Waals surface area (Å²) in [6.45, 7) is 5.21. The maximum Gasteiger partial charge on any atom is 0.221 e. The molecule has 128 valence electrons. The van der Waals surface area contributed by atoms with Gasteiger partial charge in [0.25, 0.3) is 0 Å². The topological polar surface area (TPSA) is 61.8 Å². The van der Waals surface area contributed by atoms with Crippen LogP contribution in [0.3, 0.4) is 0 Å². The van der Waals surface area contributed by atoms with Gasteiger partial charge in [0, 0.05) is 45.8 Å². The molecule has 0 aromatic heterocycles. The first-order chi connectivity index (χ1) is 10.5. The van der Waals surface area contributed by atoms with Crippen LogP contribution in [0.5, 0.6) is 0 Å². The molecule has 2 rings (SSSR count). The van der Waals surface area contributed by atoms with Gasteiger partial charge in [-0.05, 0) is 31.6 Å². The van der Waals surface area contributed by atoms with E-state index in [0.717, 1.165) is 38.9 Å². The molecule has 0 spiro atoms. The van der Waals surface area contributed by atoms with Gasteiger partial charge in [-0.3, -0.25) is 4.79 Å². The minimum absolute atomic E-state index is 0.180. The molecule has 0 aromatic rings. The smallest absolute Gasteiger partial charge is 0.221 e. The molecular formula is C17H32N2O3. The maximum atomic E-state index is 12.0. The number of ether oxygens (including phenoxy) is 1. The summed E-state index contributed by atoms with van der Waals surface area (Å²) >= 11 is 0. The summed E-state index contributed by atoms with van der Waals surface area (Å²) in [6, 6.07) is 0.409. The van der Waals surface area contributed by atoms with Gasteiger partial charge in [-0.25, -0.2) is 0 Å². The number of methoxy groups -OCH3 is 1. The first-order valence-corrected chi connectivity index (χ1v) is 8.76. The van der Waals surface area contributed by atoms with Crippen LogP contribution in [0.4, 0.5) is 0 Å². The monoisotopic (exact) mass is 312 g/mol. The Balaban J connectivity index is 1.68. The van der Waals surface area contributed by atoms with E-state index < -0.39 is 5.60 Å². The van der Waals surface area contributed by atoms with Crippen LogP contribution in [0.15, 0.2) is 0 Å². The lowest BCUT2D eigenvalue weighted by Gasteiger charge is -2.43. The Morgan fingerprint density at radius 2 is 2.14 bits per heavy atom. The molecule has 1 heterocycles. The van der Waals surface area contributed by atoms with Crippen LogP contribution in [-0.4, -0.2) is 60.9 Å². The predicted molar refractivity (Wildman–Crippen MR) is 86.7 cm³/mol. The standard InChI is InChI=1S/C17H32N2O3/c1-14-13-19(11-8-17(14,21)9-12-22-2)10-7-16(20)18-15-5-3-4-6-15/h14-15,21H,3-13H2,1-2H3,(H,18,20)/t14?,17-/m1/s1. The molecule has 1 unspecified atom stereocenters. The van der Waals surface area contributed by atoms with Crippen LogP contribution in [0, 0.1) is 5.92 Å². The maximum absolute atomic E-state index is 12.0. The lowest BCUT2D eigenvalue weighted by molar-refractivity contribution is -0.122. The molecule has 2 atom stereocenters. The summed E-state index contributed by atoms with van der Waals surface area (Å²) in [6.07, 6.45) is 6.80. The summed E-state index contributed by atoms with van der Waals surface area (Å²) in [7, 11) is 1.67. The summed E-state index contributed by atoms with van der Waals surface area (Å²) < 4.78 is 5.10. The van der Waals surface area contributed by atoms with E-state index in [4.69, 9.17) is 4.74 Å². The van der Waals surface area contributed by atoms with Crippen molar-refractivity contribution in [3.8, 4) is 0 Å². The van der Waals surface area contributed by atoms with E-state index in [9.17, 15) is 9.90 Å². The van der Waals surface area contributed by atoms with Crippen LogP contribution in [-0.2, 0) is 9.53 Å². The highest BCUT2D eigenvalue weighted by molar-refractivity contribution is 5.76. The summed E-state index contributed by atoms with van der Waals surface area (Å²) in [5, 5.41) is 13.8. The number of aliphatic hydroxyl groups is 1. The van der Waals surface area contributed by atoms with Crippen LogP contribution in [0.1, 0.15) is 51.9 Å². The lowest BCUT2D eigenvalue weighted by Crippen LogP contribution is -2.51. The third kappa shape index (κ3) is 4.93. The highest BCUT2D eigenvalue weighted by atomic mass is 16.5. The van der Waals surface area contributed by atoms with Crippen molar-refractivity contribution in [2.75, 3.05) is 33.4 Å². The van der Waals surface area contributed by atoms with E-state index >= 15 is 0 Å². The number of likely N-dealkylation sites (tertiary alicyclic amines) is 1. The van der Waals surface area contributed by atoms with Gasteiger partial charge in [0.05, 0.1) is 5.60 Å². The Bertz CT molecular complexity index is 358. The fourth-order valence-electron chi connectivity index (χ4n) is 3.73. The average molecular weight is 312 g/mol. The van der Waals surface area contributed by atoms with Crippen LogP contribution in [0.2, 0.25) is 0 Å². The second-order valence-electron chi connectivity index (χ2n) is 7.10. The van der Waals surface area contributed by atoms with Gasteiger partial charge in [0.1, 0.15) is 0 Å². The van der Waals surface area contributed by atoms with Gasteiger partial charge in [-0.15, -0.1) is 0 Å². The van der Waals surface area contributed by atoms with Crippen LogP contribution < -0.4 is 5.32 Å². The minimum atomic E-state index is -0.612. The molecule has 5 nitrogen and oxygen atoms in total. The SMILES string of the molecule is COCC[C@]1(O)CCN(CCC(=O)NC2CCCC2)CC1C. The molecule has 1 saturated heterocycles. The Kier molecular flexibility index (Phi) is 6.66. The predicted octanol–water partition coefficient (Wildman–Crippen LogP) is 1.54. The molecule has 0 bridgehead atoms. The molecule has 0 aromatic carbocycles. The number of nitrogens with one attached hydrogen (secondary N) is 1. The summed E-state index contributed by atoms with van der Waals surface area (Å²) in [4.78, 5) is 14.3. The molecule has 2 fully saturated rings. The number of piperidine rings is 1. The van der Waals surface area contributed by atoms with E-state index in [0.29, 0.717) is 25.5 Å². The van der Waals surface area contributed by atoms with Crippen LogP contribution >= 0.6 is 0 Å². The number of rotatable bonds is 7. The van der Waals surface area contributed by atoms with E-state index in [1.54, 1.807) is 7.11 Å². The van der Waals surface area contributed by atoms with Crippen molar-refractivity contribution in [1.82, 2.24) is 10.2 Å². The van der Waals surface area contributed by atoms with Crippen molar-refractivity contribution in [2.45, 2.75) is 63.5 Å². The third-order valence-electron chi connectivity index (χ3n) is 5.42. The number of amides is 1. The van der Waals surface area contributed by atoms with Gasteiger partial charge in [0.15, 0.2) is 0 Å². The normalized spacial score (nSPS) is 30.6. The third-order valence-corrected chi connectivity index (χ3v) is 5.42. The van der Waals surface area contributed by atoms with Crippen molar-refractivity contribution in [3.05, 3.63) is 0 Å². The largest absolute Gasteiger partial charge is 0.389 e. The zero-order chi connectivity index (χ0) is 16.0. The van der Waals surface area contributed by atoms with Gasteiger partial charge in [-0.1, -0.05) is 19.8 Å². The summed E-state index contributed by atoms with van der Waals surface area (Å²) in [5.74, 6) is 0.397. The van der Waals surface area contributed by atoms with E-state index in [2.05, 4.69) is 17.1 Å². The Hall–Kier alpha value is -0.650.